The van der Waals surface area contributed by atoms with Crippen LogP contribution in [0.25, 0.3) is 0 Å². The number of thiol groups is 1. The molecule has 1 aliphatic rings. The number of likely N-dealkylation sites (N-methyl/N-ethyl adjacent to an activating group) is 1. The largest absolute Gasteiger partial charge is 0.391 e. The van der Waals surface area contributed by atoms with Gasteiger partial charge in [0.1, 0.15) is 0 Å². The standard InChI is InChI=1S/C14H20N2O2S/c1-15(2)8-10-7-11(17)9-16(10)14(18)12-5-3-4-6-13(12)19/h3-6,10-11,17,19H,7-9H2,1-2H3. The van der Waals surface area contributed by atoms with Crippen LogP contribution in [0.3, 0.4) is 0 Å². The monoisotopic (exact) mass is 280 g/mol. The van der Waals surface area contributed by atoms with Crippen LogP contribution in [-0.4, -0.2) is 60.1 Å². The molecule has 1 aromatic carbocycles. The van der Waals surface area contributed by atoms with Crippen LogP contribution in [0.15, 0.2) is 29.2 Å². The van der Waals surface area contributed by atoms with Gasteiger partial charge in [0.25, 0.3) is 5.91 Å². The van der Waals surface area contributed by atoms with Crippen molar-refractivity contribution in [3.63, 3.8) is 0 Å². The number of benzene rings is 1. The van der Waals surface area contributed by atoms with E-state index in [1.165, 1.54) is 0 Å². The summed E-state index contributed by atoms with van der Waals surface area (Å²) in [6, 6.07) is 7.34. The third-order valence-electron chi connectivity index (χ3n) is 3.36. The maximum atomic E-state index is 12.6. The van der Waals surface area contributed by atoms with Gasteiger partial charge in [0.15, 0.2) is 0 Å². The van der Waals surface area contributed by atoms with Crippen LogP contribution >= 0.6 is 12.6 Å². The van der Waals surface area contributed by atoms with Gasteiger partial charge < -0.3 is 14.9 Å². The third-order valence-corrected chi connectivity index (χ3v) is 3.75. The number of nitrogens with zero attached hydrogens (tertiary/aromatic N) is 2. The number of carbonyl (C=O) groups excluding carboxylic acids is 1. The SMILES string of the molecule is CN(C)CC1CC(O)CN1C(=O)c1ccccc1S. The molecule has 1 saturated heterocycles. The molecule has 2 rings (SSSR count). The fraction of sp³-hybridized carbons (Fsp3) is 0.500. The van der Waals surface area contributed by atoms with E-state index in [9.17, 15) is 9.90 Å². The Morgan fingerprint density at radius 3 is 2.79 bits per heavy atom. The molecule has 104 valence electrons. The van der Waals surface area contributed by atoms with Crippen LogP contribution in [0.1, 0.15) is 16.8 Å². The molecule has 2 unspecified atom stereocenters. The number of β-amino-alcohol motifs (C(OH)–C–C–N with tert-alkyl or cyclic N) is 1. The number of aliphatic hydroxyl groups is 1. The van der Waals surface area contributed by atoms with Crippen LogP contribution in [0.5, 0.6) is 0 Å². The lowest BCUT2D eigenvalue weighted by molar-refractivity contribution is 0.0695. The zero-order chi connectivity index (χ0) is 14.0. The first-order chi connectivity index (χ1) is 8.99. The topological polar surface area (TPSA) is 43.8 Å². The van der Waals surface area contributed by atoms with Crippen LogP contribution in [0, 0.1) is 0 Å². The quantitative estimate of drug-likeness (QED) is 0.815. The predicted molar refractivity (Wildman–Crippen MR) is 77.7 cm³/mol. The molecule has 1 heterocycles. The lowest BCUT2D eigenvalue weighted by Crippen LogP contribution is -2.41. The molecular weight excluding hydrogens is 260 g/mol. The van der Waals surface area contributed by atoms with E-state index in [4.69, 9.17) is 0 Å². The highest BCUT2D eigenvalue weighted by atomic mass is 32.1. The normalized spacial score (nSPS) is 23.1. The summed E-state index contributed by atoms with van der Waals surface area (Å²) < 4.78 is 0. The molecule has 0 spiro atoms. The van der Waals surface area contributed by atoms with E-state index in [2.05, 4.69) is 12.6 Å². The third kappa shape index (κ3) is 3.29. The van der Waals surface area contributed by atoms with Gasteiger partial charge in [0.2, 0.25) is 0 Å². The smallest absolute Gasteiger partial charge is 0.255 e. The summed E-state index contributed by atoms with van der Waals surface area (Å²) in [4.78, 5) is 17.0. The van der Waals surface area contributed by atoms with E-state index in [1.54, 1.807) is 11.0 Å². The Bertz CT molecular complexity index is 465. The maximum absolute atomic E-state index is 12.6. The van der Waals surface area contributed by atoms with Gasteiger partial charge >= 0.3 is 0 Å². The van der Waals surface area contributed by atoms with E-state index < -0.39 is 6.10 Å². The Hall–Kier alpha value is -1.04. The Morgan fingerprint density at radius 1 is 1.47 bits per heavy atom. The molecule has 0 saturated carbocycles. The first kappa shape index (κ1) is 14.4. The molecule has 0 aliphatic carbocycles. The van der Waals surface area contributed by atoms with Gasteiger partial charge in [-0.3, -0.25) is 4.79 Å². The molecule has 1 fully saturated rings. The predicted octanol–water partition coefficient (Wildman–Crippen LogP) is 1.11. The number of hydrogen-bond donors (Lipinski definition) is 2. The fourth-order valence-electron chi connectivity index (χ4n) is 2.54. The molecule has 4 nitrogen and oxygen atoms in total. The van der Waals surface area contributed by atoms with E-state index >= 15 is 0 Å². The molecule has 1 N–H and O–H groups in total. The number of aliphatic hydroxyl groups excluding tert-OH is 1. The summed E-state index contributed by atoms with van der Waals surface area (Å²) in [5, 5.41) is 9.82. The van der Waals surface area contributed by atoms with Crippen LogP contribution in [-0.2, 0) is 0 Å². The van der Waals surface area contributed by atoms with E-state index in [0.29, 0.717) is 23.4 Å². The van der Waals surface area contributed by atoms with Gasteiger partial charge in [-0.15, -0.1) is 12.6 Å². The number of carbonyl (C=O) groups is 1. The van der Waals surface area contributed by atoms with Gasteiger partial charge in [-0.05, 0) is 32.6 Å². The van der Waals surface area contributed by atoms with Crippen LogP contribution in [0.2, 0.25) is 0 Å². The van der Waals surface area contributed by atoms with Crippen LogP contribution in [0.4, 0.5) is 0 Å². The maximum Gasteiger partial charge on any atom is 0.255 e. The Kier molecular flexibility index (Phi) is 4.50. The van der Waals surface area contributed by atoms with Crippen molar-refractivity contribution in [1.29, 1.82) is 0 Å². The highest BCUT2D eigenvalue weighted by Gasteiger charge is 2.35. The minimum atomic E-state index is -0.430. The number of rotatable bonds is 3. The molecule has 0 radical (unpaired) electrons. The minimum Gasteiger partial charge on any atom is -0.391 e. The van der Waals surface area contributed by atoms with Gasteiger partial charge in [-0.1, -0.05) is 12.1 Å². The van der Waals surface area contributed by atoms with Crippen molar-refractivity contribution >= 4 is 18.5 Å². The highest BCUT2D eigenvalue weighted by molar-refractivity contribution is 7.80. The summed E-state index contributed by atoms with van der Waals surface area (Å²) >= 11 is 4.33. The zero-order valence-corrected chi connectivity index (χ0v) is 12.2. The average molecular weight is 280 g/mol. The summed E-state index contributed by atoms with van der Waals surface area (Å²) in [6.45, 7) is 1.16. The highest BCUT2D eigenvalue weighted by Crippen LogP contribution is 2.23. The zero-order valence-electron chi connectivity index (χ0n) is 11.3. The Labute approximate surface area is 119 Å². The van der Waals surface area contributed by atoms with Crippen molar-refractivity contribution in [3.8, 4) is 0 Å². The summed E-state index contributed by atoms with van der Waals surface area (Å²) in [5.41, 5.74) is 0.601. The van der Waals surface area contributed by atoms with Crippen molar-refractivity contribution in [2.75, 3.05) is 27.2 Å². The Morgan fingerprint density at radius 2 is 2.16 bits per heavy atom. The second-order valence-corrected chi connectivity index (χ2v) is 5.76. The molecule has 1 aliphatic heterocycles. The second kappa shape index (κ2) is 5.94. The molecule has 2 atom stereocenters. The lowest BCUT2D eigenvalue weighted by Gasteiger charge is -2.27. The van der Waals surface area contributed by atoms with Gasteiger partial charge in [-0.2, -0.15) is 0 Å². The van der Waals surface area contributed by atoms with Crippen LogP contribution < -0.4 is 0 Å². The fourth-order valence-corrected chi connectivity index (χ4v) is 2.80. The van der Waals surface area contributed by atoms with Gasteiger partial charge in [-0.25, -0.2) is 0 Å². The Balaban J connectivity index is 2.19. The van der Waals surface area contributed by atoms with E-state index in [1.807, 2.05) is 37.2 Å². The molecular formula is C14H20N2O2S. The van der Waals surface area contributed by atoms with Gasteiger partial charge in [0, 0.05) is 24.0 Å². The summed E-state index contributed by atoms with van der Waals surface area (Å²) in [7, 11) is 3.94. The summed E-state index contributed by atoms with van der Waals surface area (Å²) in [5.74, 6) is -0.0472. The molecule has 5 heteroatoms. The molecule has 0 bridgehead atoms. The number of likely N-dealkylation sites (tertiary alicyclic amines) is 1. The molecule has 1 aromatic rings. The first-order valence-electron chi connectivity index (χ1n) is 6.40. The van der Waals surface area contributed by atoms with Crippen molar-refractivity contribution in [2.24, 2.45) is 0 Å². The molecule has 19 heavy (non-hydrogen) atoms. The van der Waals surface area contributed by atoms with Crippen molar-refractivity contribution in [3.05, 3.63) is 29.8 Å². The molecule has 0 aromatic heterocycles. The van der Waals surface area contributed by atoms with Gasteiger partial charge in [0.05, 0.1) is 11.7 Å². The average Bonchev–Trinajstić information content (AvgIpc) is 2.69. The first-order valence-corrected chi connectivity index (χ1v) is 6.85. The van der Waals surface area contributed by atoms with Crippen molar-refractivity contribution in [1.82, 2.24) is 9.80 Å². The second-order valence-electron chi connectivity index (χ2n) is 5.28. The number of hydrogen-bond acceptors (Lipinski definition) is 4. The van der Waals surface area contributed by atoms with E-state index in [0.717, 1.165) is 6.54 Å². The molecule has 1 amide bonds. The van der Waals surface area contributed by atoms with Crippen molar-refractivity contribution in [2.45, 2.75) is 23.5 Å². The summed E-state index contributed by atoms with van der Waals surface area (Å²) in [6.07, 6.45) is 0.208. The lowest BCUT2D eigenvalue weighted by atomic mass is 10.1. The van der Waals surface area contributed by atoms with Crippen molar-refractivity contribution < 1.29 is 9.90 Å². The number of amides is 1. The van der Waals surface area contributed by atoms with E-state index in [-0.39, 0.29) is 11.9 Å². The minimum absolute atomic E-state index is 0.0472.